The summed E-state index contributed by atoms with van der Waals surface area (Å²) in [6, 6.07) is 10.4. The van der Waals surface area contributed by atoms with Gasteiger partial charge in [-0.15, -0.1) is 0 Å². The standard InChI is InChI=1S/C25H34N6O2/c1-30(2)23-20-7-5-6-8-21(20)28-25(29-23)27-19-11-9-17(10-12-19)14-26-15-18-13-22(24(32)33-4)31(3)16-18/h5-8,13,16-17,19,26H,9-12,14-15H2,1-4H3,(H,27,28,29)/t17-,19+. The van der Waals surface area contributed by atoms with E-state index in [4.69, 9.17) is 14.7 Å². The predicted molar refractivity (Wildman–Crippen MR) is 132 cm³/mol. The number of carbonyl (C=O) groups is 1. The molecule has 8 heteroatoms. The van der Waals surface area contributed by atoms with Crippen LogP contribution in [0.15, 0.2) is 36.5 Å². The Hall–Kier alpha value is -3.13. The van der Waals surface area contributed by atoms with Gasteiger partial charge in [0.15, 0.2) is 0 Å². The Labute approximate surface area is 195 Å². The molecular formula is C25H34N6O2. The third kappa shape index (κ3) is 5.45. The molecule has 2 heterocycles. The minimum Gasteiger partial charge on any atom is -0.464 e. The Morgan fingerprint density at radius 3 is 2.67 bits per heavy atom. The summed E-state index contributed by atoms with van der Waals surface area (Å²) in [7, 11) is 7.31. The van der Waals surface area contributed by atoms with Crippen LogP contribution in [0.25, 0.3) is 10.9 Å². The van der Waals surface area contributed by atoms with Crippen molar-refractivity contribution in [3.63, 3.8) is 0 Å². The van der Waals surface area contributed by atoms with Crippen LogP contribution in [0.4, 0.5) is 11.8 Å². The van der Waals surface area contributed by atoms with Gasteiger partial charge in [0.2, 0.25) is 5.95 Å². The summed E-state index contributed by atoms with van der Waals surface area (Å²) in [5, 5.41) is 8.21. The Bertz CT molecular complexity index is 1100. The fraction of sp³-hybridized carbons (Fsp3) is 0.480. The average molecular weight is 451 g/mol. The lowest BCUT2D eigenvalue weighted by atomic mass is 9.86. The molecule has 4 rings (SSSR count). The second-order valence-electron chi connectivity index (χ2n) is 9.11. The summed E-state index contributed by atoms with van der Waals surface area (Å²) in [4.78, 5) is 23.3. The SMILES string of the molecule is COC(=O)c1cc(CNC[C@H]2CC[C@@H](Nc3nc(N(C)C)c4ccccc4n3)CC2)cn1C. The number of anilines is 2. The number of nitrogens with zero attached hydrogens (tertiary/aromatic N) is 4. The van der Waals surface area contributed by atoms with E-state index in [-0.39, 0.29) is 5.97 Å². The van der Waals surface area contributed by atoms with Crippen molar-refractivity contribution in [3.8, 4) is 0 Å². The van der Waals surface area contributed by atoms with Crippen LogP contribution in [0.3, 0.4) is 0 Å². The molecule has 0 radical (unpaired) electrons. The molecular weight excluding hydrogens is 416 g/mol. The number of carbonyl (C=O) groups excluding carboxylic acids is 1. The molecule has 2 N–H and O–H groups in total. The molecule has 0 unspecified atom stereocenters. The number of methoxy groups -OCH3 is 1. The highest BCUT2D eigenvalue weighted by molar-refractivity contribution is 5.90. The minimum absolute atomic E-state index is 0.303. The normalized spacial score (nSPS) is 18.3. The molecule has 1 fully saturated rings. The lowest BCUT2D eigenvalue weighted by Crippen LogP contribution is -2.31. The largest absolute Gasteiger partial charge is 0.464 e. The molecule has 176 valence electrons. The molecule has 8 nitrogen and oxygen atoms in total. The van der Waals surface area contributed by atoms with Crippen molar-refractivity contribution in [1.82, 2.24) is 19.9 Å². The second-order valence-corrected chi connectivity index (χ2v) is 9.11. The number of benzene rings is 1. The fourth-order valence-electron chi connectivity index (χ4n) is 4.62. The maximum absolute atomic E-state index is 11.8. The van der Waals surface area contributed by atoms with Crippen LogP contribution < -0.4 is 15.5 Å². The van der Waals surface area contributed by atoms with Crippen LogP contribution in [-0.2, 0) is 18.3 Å². The molecule has 0 saturated heterocycles. The molecule has 33 heavy (non-hydrogen) atoms. The van der Waals surface area contributed by atoms with E-state index < -0.39 is 0 Å². The Balaban J connectivity index is 1.27. The van der Waals surface area contributed by atoms with E-state index in [1.165, 1.54) is 20.0 Å². The highest BCUT2D eigenvalue weighted by Gasteiger charge is 2.22. The number of hydrogen-bond acceptors (Lipinski definition) is 7. The van der Waals surface area contributed by atoms with Crippen molar-refractivity contribution in [3.05, 3.63) is 47.8 Å². The fourth-order valence-corrected chi connectivity index (χ4v) is 4.62. The summed E-state index contributed by atoms with van der Waals surface area (Å²) in [6.45, 7) is 1.73. The van der Waals surface area contributed by atoms with Gasteiger partial charge in [-0.25, -0.2) is 9.78 Å². The van der Waals surface area contributed by atoms with Crippen molar-refractivity contribution in [2.75, 3.05) is 38.0 Å². The third-order valence-corrected chi connectivity index (χ3v) is 6.40. The van der Waals surface area contributed by atoms with Crippen LogP contribution in [0.5, 0.6) is 0 Å². The summed E-state index contributed by atoms with van der Waals surface area (Å²) in [6.07, 6.45) is 6.53. The minimum atomic E-state index is -0.303. The van der Waals surface area contributed by atoms with Crippen LogP contribution in [-0.4, -0.2) is 54.3 Å². The lowest BCUT2D eigenvalue weighted by molar-refractivity contribution is 0.0590. The molecule has 0 spiro atoms. The van der Waals surface area contributed by atoms with E-state index in [2.05, 4.69) is 16.7 Å². The topological polar surface area (TPSA) is 84.3 Å². The number of hydrogen-bond donors (Lipinski definition) is 2. The van der Waals surface area contributed by atoms with Gasteiger partial charge in [0.25, 0.3) is 0 Å². The van der Waals surface area contributed by atoms with Gasteiger partial charge in [-0.3, -0.25) is 0 Å². The molecule has 1 aromatic carbocycles. The smallest absolute Gasteiger partial charge is 0.354 e. The first-order valence-corrected chi connectivity index (χ1v) is 11.6. The molecule has 0 aliphatic heterocycles. The number of fused-ring (bicyclic) bond motifs is 1. The number of ether oxygens (including phenoxy) is 1. The van der Waals surface area contributed by atoms with Crippen molar-refractivity contribution in [2.24, 2.45) is 13.0 Å². The Morgan fingerprint density at radius 2 is 1.94 bits per heavy atom. The molecule has 0 atom stereocenters. The van der Waals surface area contributed by atoms with Gasteiger partial charge < -0.3 is 24.8 Å². The van der Waals surface area contributed by atoms with Gasteiger partial charge in [0.1, 0.15) is 11.5 Å². The second kappa shape index (κ2) is 10.2. The van der Waals surface area contributed by atoms with Crippen molar-refractivity contribution in [2.45, 2.75) is 38.3 Å². The molecule has 0 amide bonds. The van der Waals surface area contributed by atoms with Crippen LogP contribution in [0.2, 0.25) is 0 Å². The molecule has 2 aromatic heterocycles. The number of nitrogens with one attached hydrogen (secondary N) is 2. The van der Waals surface area contributed by atoms with Crippen molar-refractivity contribution >= 4 is 28.6 Å². The van der Waals surface area contributed by atoms with E-state index >= 15 is 0 Å². The maximum atomic E-state index is 11.8. The first kappa shape index (κ1) is 23.0. The van der Waals surface area contributed by atoms with E-state index in [9.17, 15) is 4.79 Å². The number of aryl methyl sites for hydroxylation is 1. The zero-order valence-corrected chi connectivity index (χ0v) is 20.0. The third-order valence-electron chi connectivity index (χ3n) is 6.40. The van der Waals surface area contributed by atoms with Gasteiger partial charge in [-0.05, 0) is 61.9 Å². The number of rotatable bonds is 8. The van der Waals surface area contributed by atoms with Gasteiger partial charge in [-0.2, -0.15) is 4.98 Å². The molecule has 1 aliphatic rings. The van der Waals surface area contributed by atoms with E-state index in [1.807, 2.05) is 61.1 Å². The highest BCUT2D eigenvalue weighted by Crippen LogP contribution is 2.28. The average Bonchev–Trinajstić information content (AvgIpc) is 3.19. The number of para-hydroxylation sites is 1. The van der Waals surface area contributed by atoms with Gasteiger partial charge >= 0.3 is 5.97 Å². The van der Waals surface area contributed by atoms with Gasteiger partial charge in [0.05, 0.1) is 12.6 Å². The zero-order chi connectivity index (χ0) is 23.4. The maximum Gasteiger partial charge on any atom is 0.354 e. The summed E-state index contributed by atoms with van der Waals surface area (Å²) in [5.74, 6) is 2.01. The molecule has 1 saturated carbocycles. The van der Waals surface area contributed by atoms with Crippen LogP contribution in [0.1, 0.15) is 41.7 Å². The quantitative estimate of drug-likeness (QED) is 0.508. The number of aromatic nitrogens is 3. The lowest BCUT2D eigenvalue weighted by Gasteiger charge is -2.29. The van der Waals surface area contributed by atoms with Crippen LogP contribution >= 0.6 is 0 Å². The van der Waals surface area contributed by atoms with E-state index in [0.29, 0.717) is 23.6 Å². The van der Waals surface area contributed by atoms with Gasteiger partial charge in [0, 0.05) is 45.3 Å². The first-order chi connectivity index (χ1) is 15.9. The van der Waals surface area contributed by atoms with Gasteiger partial charge in [-0.1, -0.05) is 12.1 Å². The van der Waals surface area contributed by atoms with Crippen molar-refractivity contribution in [1.29, 1.82) is 0 Å². The Kier molecular flexibility index (Phi) is 7.13. The summed E-state index contributed by atoms with van der Waals surface area (Å²) in [5.41, 5.74) is 2.64. The first-order valence-electron chi connectivity index (χ1n) is 11.6. The van der Waals surface area contributed by atoms with Crippen LogP contribution in [0, 0.1) is 5.92 Å². The highest BCUT2D eigenvalue weighted by atomic mass is 16.5. The Morgan fingerprint density at radius 1 is 1.18 bits per heavy atom. The molecule has 3 aromatic rings. The van der Waals surface area contributed by atoms with E-state index in [1.54, 1.807) is 0 Å². The predicted octanol–water partition coefficient (Wildman–Crippen LogP) is 3.58. The number of esters is 1. The monoisotopic (exact) mass is 450 g/mol. The van der Waals surface area contributed by atoms with E-state index in [0.717, 1.165) is 48.2 Å². The molecule has 1 aliphatic carbocycles. The molecule has 0 bridgehead atoms. The summed E-state index contributed by atoms with van der Waals surface area (Å²) >= 11 is 0. The summed E-state index contributed by atoms with van der Waals surface area (Å²) < 4.78 is 6.64. The van der Waals surface area contributed by atoms with Crippen molar-refractivity contribution < 1.29 is 9.53 Å². The zero-order valence-electron chi connectivity index (χ0n) is 20.0.